The Hall–Kier alpha value is -1.93. The Balaban J connectivity index is 2.13. The molecule has 2 rings (SSSR count). The molecule has 126 valence electrons. The molecule has 1 unspecified atom stereocenters. The summed E-state index contributed by atoms with van der Waals surface area (Å²) in [5, 5.41) is 13.7. The molecule has 0 amide bonds. The van der Waals surface area contributed by atoms with Gasteiger partial charge >= 0.3 is 6.18 Å². The molecule has 0 saturated heterocycles. The Morgan fingerprint density at radius 3 is 2.61 bits per heavy atom. The lowest BCUT2D eigenvalue weighted by Crippen LogP contribution is -2.34. The van der Waals surface area contributed by atoms with Crippen LogP contribution in [0.4, 0.5) is 13.2 Å². The van der Waals surface area contributed by atoms with E-state index >= 15 is 0 Å². The van der Waals surface area contributed by atoms with Crippen LogP contribution in [-0.2, 0) is 12.6 Å². The van der Waals surface area contributed by atoms with E-state index in [-0.39, 0.29) is 24.1 Å². The van der Waals surface area contributed by atoms with E-state index in [1.54, 1.807) is 0 Å². The quantitative estimate of drug-likeness (QED) is 0.881. The van der Waals surface area contributed by atoms with Crippen LogP contribution in [0.3, 0.4) is 0 Å². The molecule has 8 heteroatoms. The van der Waals surface area contributed by atoms with E-state index in [0.717, 1.165) is 12.1 Å². The first kappa shape index (κ1) is 17.4. The maximum Gasteiger partial charge on any atom is 0.416 e. The van der Waals surface area contributed by atoms with E-state index in [1.807, 2.05) is 13.8 Å². The maximum absolute atomic E-state index is 12.7. The van der Waals surface area contributed by atoms with E-state index in [9.17, 15) is 18.3 Å². The van der Waals surface area contributed by atoms with Gasteiger partial charge in [0.2, 0.25) is 11.7 Å². The normalized spacial score (nSPS) is 15.0. The minimum absolute atomic E-state index is 0.00965. The molecule has 3 N–H and O–H groups in total. The van der Waals surface area contributed by atoms with Crippen molar-refractivity contribution >= 4 is 0 Å². The number of aromatic nitrogens is 2. The van der Waals surface area contributed by atoms with Crippen LogP contribution in [0.5, 0.6) is 0 Å². The van der Waals surface area contributed by atoms with Gasteiger partial charge in [-0.2, -0.15) is 18.2 Å². The van der Waals surface area contributed by atoms with Crippen molar-refractivity contribution in [3.05, 3.63) is 47.1 Å². The van der Waals surface area contributed by atoms with Gasteiger partial charge in [0.15, 0.2) is 0 Å². The highest BCUT2D eigenvalue weighted by atomic mass is 19.4. The van der Waals surface area contributed by atoms with Gasteiger partial charge in [-0.3, -0.25) is 0 Å². The number of halogens is 3. The fourth-order valence-electron chi connectivity index (χ4n) is 2.03. The standard InChI is InChI=1S/C15H18F3N3O2/c1-8(2)12(19)13(22)14-20-11(23-21-14)7-9-4-3-5-10(6-9)15(16,17)18/h3-6,8,12-13,22H,7,19H2,1-2H3/t12-,13?/m0/s1. The van der Waals surface area contributed by atoms with Crippen molar-refractivity contribution in [3.8, 4) is 0 Å². The van der Waals surface area contributed by atoms with Crippen LogP contribution >= 0.6 is 0 Å². The first-order valence-electron chi connectivity index (χ1n) is 7.10. The van der Waals surface area contributed by atoms with Crippen LogP contribution in [0.15, 0.2) is 28.8 Å². The van der Waals surface area contributed by atoms with Gasteiger partial charge in [0, 0.05) is 6.04 Å². The summed E-state index contributed by atoms with van der Waals surface area (Å²) in [5.41, 5.74) is 5.47. The average molecular weight is 329 g/mol. The minimum atomic E-state index is -4.41. The second-order valence-corrected chi connectivity index (χ2v) is 5.69. The number of benzene rings is 1. The zero-order valence-corrected chi connectivity index (χ0v) is 12.7. The smallest absolute Gasteiger partial charge is 0.383 e. The number of nitrogens with two attached hydrogens (primary N) is 1. The van der Waals surface area contributed by atoms with Gasteiger partial charge in [-0.25, -0.2) is 0 Å². The van der Waals surface area contributed by atoms with Crippen molar-refractivity contribution in [1.82, 2.24) is 10.1 Å². The lowest BCUT2D eigenvalue weighted by Gasteiger charge is -2.18. The Bertz CT molecular complexity index is 655. The Morgan fingerprint density at radius 2 is 2.00 bits per heavy atom. The second-order valence-electron chi connectivity index (χ2n) is 5.69. The number of alkyl halides is 3. The molecule has 1 heterocycles. The predicted molar refractivity (Wildman–Crippen MR) is 76.3 cm³/mol. The van der Waals surface area contributed by atoms with E-state index in [2.05, 4.69) is 10.1 Å². The van der Waals surface area contributed by atoms with Crippen molar-refractivity contribution in [2.45, 2.75) is 38.6 Å². The van der Waals surface area contributed by atoms with Crippen LogP contribution in [-0.4, -0.2) is 21.3 Å². The van der Waals surface area contributed by atoms with E-state index in [4.69, 9.17) is 10.3 Å². The van der Waals surface area contributed by atoms with Crippen molar-refractivity contribution in [1.29, 1.82) is 0 Å². The topological polar surface area (TPSA) is 85.2 Å². The highest BCUT2D eigenvalue weighted by Gasteiger charge is 2.30. The van der Waals surface area contributed by atoms with Crippen LogP contribution in [0.25, 0.3) is 0 Å². The summed E-state index contributed by atoms with van der Waals surface area (Å²) in [6.07, 6.45) is -5.45. The van der Waals surface area contributed by atoms with Crippen LogP contribution in [0.1, 0.15) is 42.8 Å². The molecule has 0 aliphatic carbocycles. The number of aliphatic hydroxyl groups is 1. The third-order valence-electron chi connectivity index (χ3n) is 3.49. The third kappa shape index (κ3) is 4.29. The average Bonchev–Trinajstić information content (AvgIpc) is 2.93. The van der Waals surface area contributed by atoms with E-state index < -0.39 is 23.9 Å². The lowest BCUT2D eigenvalue weighted by atomic mass is 9.99. The Kier molecular flexibility index (Phi) is 5.06. The zero-order valence-electron chi connectivity index (χ0n) is 12.7. The van der Waals surface area contributed by atoms with Gasteiger partial charge in [0.05, 0.1) is 12.0 Å². The van der Waals surface area contributed by atoms with Crippen molar-refractivity contribution in [3.63, 3.8) is 0 Å². The van der Waals surface area contributed by atoms with E-state index in [1.165, 1.54) is 12.1 Å². The molecule has 0 spiro atoms. The number of rotatable bonds is 5. The molecule has 0 saturated carbocycles. The SMILES string of the molecule is CC(C)[C@H](N)C(O)c1noc(Cc2cccc(C(F)(F)F)c2)n1. The summed E-state index contributed by atoms with van der Waals surface area (Å²) in [6.45, 7) is 3.69. The highest BCUT2D eigenvalue weighted by Crippen LogP contribution is 2.30. The molecule has 2 atom stereocenters. The molecule has 0 aliphatic rings. The summed E-state index contributed by atoms with van der Waals surface area (Å²) in [5.74, 6) is 0.165. The molecule has 23 heavy (non-hydrogen) atoms. The maximum atomic E-state index is 12.7. The molecule has 2 aromatic rings. The van der Waals surface area contributed by atoms with Gasteiger partial charge in [0.1, 0.15) is 6.10 Å². The second kappa shape index (κ2) is 6.67. The van der Waals surface area contributed by atoms with Crippen LogP contribution in [0, 0.1) is 5.92 Å². The molecular weight excluding hydrogens is 311 g/mol. The molecule has 0 fully saturated rings. The van der Waals surface area contributed by atoms with Gasteiger partial charge in [-0.15, -0.1) is 0 Å². The largest absolute Gasteiger partial charge is 0.416 e. The molecule has 0 bridgehead atoms. The van der Waals surface area contributed by atoms with Gasteiger partial charge in [0.25, 0.3) is 0 Å². The number of aliphatic hydroxyl groups excluding tert-OH is 1. The molecule has 5 nitrogen and oxygen atoms in total. The molecule has 0 aliphatic heterocycles. The van der Waals surface area contributed by atoms with Crippen molar-refractivity contribution < 1.29 is 22.8 Å². The van der Waals surface area contributed by atoms with Gasteiger partial charge < -0.3 is 15.4 Å². The molecular formula is C15H18F3N3O2. The first-order valence-corrected chi connectivity index (χ1v) is 7.10. The van der Waals surface area contributed by atoms with Crippen LogP contribution in [0.2, 0.25) is 0 Å². The minimum Gasteiger partial charge on any atom is -0.383 e. The number of nitrogens with zero attached hydrogens (tertiary/aromatic N) is 2. The Labute approximate surface area is 131 Å². The number of hydrogen-bond donors (Lipinski definition) is 2. The first-order chi connectivity index (χ1) is 10.7. The van der Waals surface area contributed by atoms with Gasteiger partial charge in [-0.1, -0.05) is 37.2 Å². The monoisotopic (exact) mass is 329 g/mol. The highest BCUT2D eigenvalue weighted by molar-refractivity contribution is 5.27. The summed E-state index contributed by atoms with van der Waals surface area (Å²) in [4.78, 5) is 4.01. The van der Waals surface area contributed by atoms with Crippen molar-refractivity contribution in [2.75, 3.05) is 0 Å². The van der Waals surface area contributed by atoms with E-state index in [0.29, 0.717) is 5.56 Å². The Morgan fingerprint density at radius 1 is 1.30 bits per heavy atom. The summed E-state index contributed by atoms with van der Waals surface area (Å²) >= 11 is 0. The fourth-order valence-corrected chi connectivity index (χ4v) is 2.03. The predicted octanol–water partition coefficient (Wildman–Crippen LogP) is 2.70. The van der Waals surface area contributed by atoms with Crippen LogP contribution < -0.4 is 5.73 Å². The summed E-state index contributed by atoms with van der Waals surface area (Å²) < 4.78 is 43.0. The van der Waals surface area contributed by atoms with Gasteiger partial charge in [-0.05, 0) is 17.5 Å². The molecule has 1 aromatic heterocycles. The molecule has 1 aromatic carbocycles. The van der Waals surface area contributed by atoms with Crippen molar-refractivity contribution in [2.24, 2.45) is 11.7 Å². The zero-order chi connectivity index (χ0) is 17.2. The molecule has 0 radical (unpaired) electrons. The summed E-state index contributed by atoms with van der Waals surface area (Å²) in [6, 6.07) is 4.32. The lowest BCUT2D eigenvalue weighted by molar-refractivity contribution is -0.137. The third-order valence-corrected chi connectivity index (χ3v) is 3.49. The number of hydrogen-bond acceptors (Lipinski definition) is 5. The summed E-state index contributed by atoms with van der Waals surface area (Å²) in [7, 11) is 0. The fraction of sp³-hybridized carbons (Fsp3) is 0.467.